The van der Waals surface area contributed by atoms with E-state index in [0.717, 1.165) is 11.1 Å². The molecule has 0 amide bonds. The summed E-state index contributed by atoms with van der Waals surface area (Å²) in [6.45, 7) is 4.13. The molecule has 0 heterocycles. The molecular weight excluding hydrogens is 356 g/mol. The van der Waals surface area contributed by atoms with Gasteiger partial charge in [-0.3, -0.25) is 0 Å². The summed E-state index contributed by atoms with van der Waals surface area (Å²) in [6, 6.07) is 31.5. The Balaban J connectivity index is 0.000000149. The lowest BCUT2D eigenvalue weighted by Gasteiger charge is -2.26. The van der Waals surface area contributed by atoms with E-state index in [9.17, 15) is 10.2 Å². The fourth-order valence-corrected chi connectivity index (χ4v) is 3.60. The molecule has 0 saturated heterocycles. The zero-order valence-electron chi connectivity index (χ0n) is 16.6. The molecule has 29 heavy (non-hydrogen) atoms. The van der Waals surface area contributed by atoms with E-state index < -0.39 is 0 Å². The highest BCUT2D eigenvalue weighted by Crippen LogP contribution is 2.43. The van der Waals surface area contributed by atoms with Crippen molar-refractivity contribution in [2.75, 3.05) is 0 Å². The molecule has 0 atom stereocenters. The van der Waals surface area contributed by atoms with E-state index in [2.05, 4.69) is 62.4 Å². The van der Waals surface area contributed by atoms with Crippen molar-refractivity contribution in [1.29, 1.82) is 0 Å². The molecule has 2 aliphatic carbocycles. The number of hydrogen-bond acceptors (Lipinski definition) is 2. The van der Waals surface area contributed by atoms with Crippen LogP contribution in [0.4, 0.5) is 0 Å². The first kappa shape index (κ1) is 18.8. The van der Waals surface area contributed by atoms with E-state index >= 15 is 0 Å². The third-order valence-corrected chi connectivity index (χ3v) is 5.55. The van der Waals surface area contributed by atoms with Gasteiger partial charge in [0.15, 0.2) is 0 Å². The highest BCUT2D eigenvalue weighted by atomic mass is 16.3. The summed E-state index contributed by atoms with van der Waals surface area (Å²) in [6.07, 6.45) is 0. The second kappa shape index (κ2) is 7.48. The average Bonchev–Trinajstić information content (AvgIpc) is 2.71. The molecule has 0 aromatic heterocycles. The van der Waals surface area contributed by atoms with E-state index in [1.54, 1.807) is 24.3 Å². The molecular formula is C27H24O2. The third-order valence-electron chi connectivity index (χ3n) is 5.55. The lowest BCUT2D eigenvalue weighted by atomic mass is 9.78. The van der Waals surface area contributed by atoms with Crippen LogP contribution in [0.2, 0.25) is 0 Å². The second-order valence-electron chi connectivity index (χ2n) is 7.85. The quantitative estimate of drug-likeness (QED) is 0.363. The fraction of sp³-hybridized carbons (Fsp3) is 0.111. The van der Waals surface area contributed by atoms with E-state index in [0.29, 0.717) is 0 Å². The molecule has 3 aromatic rings. The molecule has 0 unspecified atom stereocenters. The van der Waals surface area contributed by atoms with Crippen LogP contribution in [0.1, 0.15) is 25.0 Å². The third kappa shape index (κ3) is 3.74. The molecule has 5 rings (SSSR count). The summed E-state index contributed by atoms with van der Waals surface area (Å²) in [4.78, 5) is 0. The Labute approximate surface area is 171 Å². The Morgan fingerprint density at radius 2 is 1.10 bits per heavy atom. The van der Waals surface area contributed by atoms with E-state index in [1.165, 1.54) is 22.3 Å². The van der Waals surface area contributed by atoms with E-state index in [1.807, 2.05) is 24.3 Å². The average molecular weight is 380 g/mol. The molecule has 0 bridgehead atoms. The number of phenols is 2. The summed E-state index contributed by atoms with van der Waals surface area (Å²) in [5.41, 5.74) is 7.35. The highest BCUT2D eigenvalue weighted by molar-refractivity contribution is 5.95. The summed E-state index contributed by atoms with van der Waals surface area (Å²) < 4.78 is 0. The van der Waals surface area contributed by atoms with E-state index in [4.69, 9.17) is 0 Å². The van der Waals surface area contributed by atoms with Crippen LogP contribution < -0.4 is 0 Å². The van der Waals surface area contributed by atoms with Gasteiger partial charge in [0.25, 0.3) is 0 Å². The van der Waals surface area contributed by atoms with Gasteiger partial charge in [0, 0.05) is 5.41 Å². The minimum atomic E-state index is -0.252. The van der Waals surface area contributed by atoms with Gasteiger partial charge in [-0.2, -0.15) is 0 Å². The number of aromatic hydroxyl groups is 2. The van der Waals surface area contributed by atoms with E-state index in [-0.39, 0.29) is 16.9 Å². The van der Waals surface area contributed by atoms with Crippen LogP contribution in [0.15, 0.2) is 97.1 Å². The van der Waals surface area contributed by atoms with Crippen molar-refractivity contribution in [2.24, 2.45) is 0 Å². The topological polar surface area (TPSA) is 40.5 Å². The number of benzene rings is 4. The van der Waals surface area contributed by atoms with Crippen LogP contribution in [-0.4, -0.2) is 10.2 Å². The largest absolute Gasteiger partial charge is 0.508 e. The Morgan fingerprint density at radius 1 is 0.517 bits per heavy atom. The molecule has 0 saturated carbocycles. The standard InChI is InChI=1S/C15H16O2.C12H8/c1-15(2,11-5-3-7-13(16)9-11)12-6-4-8-14(17)10-12;1-2-4-9(5-3-1)12-8-10-6-7-11(10)12/h3-10,16-17H,1-2H3;1-8H. The van der Waals surface area contributed by atoms with Gasteiger partial charge in [-0.1, -0.05) is 80.6 Å². The van der Waals surface area contributed by atoms with Crippen LogP contribution in [0.5, 0.6) is 11.5 Å². The molecule has 2 N–H and O–H groups in total. The molecule has 2 heteroatoms. The summed E-state index contributed by atoms with van der Waals surface area (Å²) in [5, 5.41) is 19.1. The Kier molecular flexibility index (Phi) is 4.85. The normalized spacial score (nSPS) is 11.4. The minimum absolute atomic E-state index is 0.252. The molecule has 2 aliphatic rings. The van der Waals surface area contributed by atoms with Crippen molar-refractivity contribution in [3.63, 3.8) is 0 Å². The molecule has 0 spiro atoms. The fourth-order valence-electron chi connectivity index (χ4n) is 3.60. The minimum Gasteiger partial charge on any atom is -0.508 e. The maximum Gasteiger partial charge on any atom is 0.115 e. The van der Waals surface area contributed by atoms with Gasteiger partial charge in [-0.25, -0.2) is 0 Å². The molecule has 0 radical (unpaired) electrons. The smallest absolute Gasteiger partial charge is 0.115 e. The van der Waals surface area contributed by atoms with Crippen LogP contribution in [0, 0.1) is 0 Å². The van der Waals surface area contributed by atoms with Gasteiger partial charge in [0.2, 0.25) is 0 Å². The second-order valence-corrected chi connectivity index (χ2v) is 7.85. The van der Waals surface area contributed by atoms with Gasteiger partial charge < -0.3 is 10.2 Å². The van der Waals surface area contributed by atoms with Crippen LogP contribution in [-0.2, 0) is 5.41 Å². The lowest BCUT2D eigenvalue weighted by Crippen LogP contribution is -2.18. The van der Waals surface area contributed by atoms with Gasteiger partial charge in [0.05, 0.1) is 0 Å². The van der Waals surface area contributed by atoms with Crippen LogP contribution >= 0.6 is 0 Å². The van der Waals surface area contributed by atoms with Crippen LogP contribution in [0.3, 0.4) is 0 Å². The summed E-state index contributed by atoms with van der Waals surface area (Å²) in [5.74, 6) is 0.520. The number of fused-ring (bicyclic) bond motifs is 1. The predicted octanol–water partition coefficient (Wildman–Crippen LogP) is 6.76. The van der Waals surface area contributed by atoms with Gasteiger partial charge in [-0.05, 0) is 63.7 Å². The zero-order valence-corrected chi connectivity index (χ0v) is 16.6. The van der Waals surface area contributed by atoms with Crippen molar-refractivity contribution in [1.82, 2.24) is 0 Å². The number of hydrogen-bond donors (Lipinski definition) is 2. The number of rotatable bonds is 3. The SMILES string of the molecule is CC(C)(c1cccc(O)c1)c1cccc(O)c1.c1ccc(-c2cc3ccc2-3)cc1. The Hall–Kier alpha value is -3.52. The molecule has 0 fully saturated rings. The molecule has 2 nitrogen and oxygen atoms in total. The van der Waals surface area contributed by atoms with Crippen molar-refractivity contribution in [3.05, 3.63) is 108 Å². The maximum atomic E-state index is 9.53. The lowest BCUT2D eigenvalue weighted by molar-refractivity contribution is 0.470. The van der Waals surface area contributed by atoms with Gasteiger partial charge >= 0.3 is 0 Å². The predicted molar refractivity (Wildman–Crippen MR) is 119 cm³/mol. The highest BCUT2D eigenvalue weighted by Gasteiger charge is 2.23. The van der Waals surface area contributed by atoms with Gasteiger partial charge in [-0.15, -0.1) is 0 Å². The van der Waals surface area contributed by atoms with Crippen molar-refractivity contribution >= 4 is 0 Å². The van der Waals surface area contributed by atoms with Crippen molar-refractivity contribution in [2.45, 2.75) is 19.3 Å². The summed E-state index contributed by atoms with van der Waals surface area (Å²) >= 11 is 0. The monoisotopic (exact) mass is 380 g/mol. The molecule has 3 aromatic carbocycles. The van der Waals surface area contributed by atoms with Gasteiger partial charge in [0.1, 0.15) is 11.5 Å². The Bertz CT molecular complexity index is 1090. The first-order valence-electron chi connectivity index (χ1n) is 9.74. The van der Waals surface area contributed by atoms with Crippen LogP contribution in [0.25, 0.3) is 22.3 Å². The van der Waals surface area contributed by atoms with Crippen molar-refractivity contribution < 1.29 is 10.2 Å². The first-order chi connectivity index (χ1) is 13.9. The first-order valence-corrected chi connectivity index (χ1v) is 9.74. The van der Waals surface area contributed by atoms with Crippen molar-refractivity contribution in [3.8, 4) is 33.8 Å². The zero-order chi connectivity index (χ0) is 20.4. The molecule has 0 aliphatic heterocycles. The maximum absolute atomic E-state index is 9.53. The number of phenolic OH excluding ortho intramolecular Hbond substituents is 2. The summed E-state index contributed by atoms with van der Waals surface area (Å²) in [7, 11) is 0. The molecule has 144 valence electrons. The Morgan fingerprint density at radius 3 is 1.52 bits per heavy atom.